The van der Waals surface area contributed by atoms with Gasteiger partial charge in [-0.1, -0.05) is 11.2 Å². The van der Waals surface area contributed by atoms with E-state index in [1.165, 1.54) is 0 Å². The molecule has 4 aromatic rings. The van der Waals surface area contributed by atoms with E-state index < -0.39 is 0 Å². The minimum absolute atomic E-state index is 0.283. The number of ether oxygens (including phenoxy) is 1. The molecule has 0 fully saturated rings. The second-order valence-corrected chi connectivity index (χ2v) is 5.56. The molecule has 4 rings (SSSR count). The summed E-state index contributed by atoms with van der Waals surface area (Å²) in [6.07, 6.45) is 9.21. The van der Waals surface area contributed by atoms with Crippen LogP contribution < -0.4 is 4.74 Å². The maximum absolute atomic E-state index is 5.58. The molecule has 7 nitrogen and oxygen atoms in total. The van der Waals surface area contributed by atoms with E-state index in [2.05, 4.69) is 25.1 Å². The highest BCUT2D eigenvalue weighted by atomic mass is 16.5. The second-order valence-electron chi connectivity index (χ2n) is 5.56. The zero-order chi connectivity index (χ0) is 17.6. The Hall–Kier alpha value is -3.61. The maximum atomic E-state index is 5.58. The monoisotopic (exact) mass is 345 g/mol. The molecule has 0 radical (unpaired) electrons. The average molecular weight is 345 g/mol. The van der Waals surface area contributed by atoms with Gasteiger partial charge in [0.15, 0.2) is 11.6 Å². The average Bonchev–Trinajstić information content (AvgIpc) is 3.17. The van der Waals surface area contributed by atoms with Crippen LogP contribution in [-0.4, -0.2) is 25.1 Å². The third kappa shape index (κ3) is 3.89. The van der Waals surface area contributed by atoms with Gasteiger partial charge in [-0.25, -0.2) is 15.0 Å². The number of hydrogen-bond donors (Lipinski definition) is 0. The molecule has 0 aliphatic heterocycles. The van der Waals surface area contributed by atoms with Crippen LogP contribution in [0.4, 0.5) is 0 Å². The van der Waals surface area contributed by atoms with E-state index in [4.69, 9.17) is 9.26 Å². The highest BCUT2D eigenvalue weighted by Gasteiger charge is 2.08. The first-order valence-electron chi connectivity index (χ1n) is 8.06. The Morgan fingerprint density at radius 2 is 1.85 bits per heavy atom. The van der Waals surface area contributed by atoms with E-state index >= 15 is 0 Å². The van der Waals surface area contributed by atoms with E-state index in [-0.39, 0.29) is 6.61 Å². The third-order valence-corrected chi connectivity index (χ3v) is 3.66. The summed E-state index contributed by atoms with van der Waals surface area (Å²) in [7, 11) is 0. The van der Waals surface area contributed by atoms with Crippen LogP contribution in [0.5, 0.6) is 5.88 Å². The Balaban J connectivity index is 1.38. The second kappa shape index (κ2) is 7.52. The number of rotatable bonds is 6. The van der Waals surface area contributed by atoms with Crippen molar-refractivity contribution in [1.29, 1.82) is 0 Å². The Morgan fingerprint density at radius 1 is 0.923 bits per heavy atom. The van der Waals surface area contributed by atoms with Crippen LogP contribution in [-0.2, 0) is 13.0 Å². The zero-order valence-electron chi connectivity index (χ0n) is 13.8. The Labute approximate surface area is 149 Å². The van der Waals surface area contributed by atoms with Crippen molar-refractivity contribution in [1.82, 2.24) is 25.1 Å². The summed E-state index contributed by atoms with van der Waals surface area (Å²) in [6, 6.07) is 11.2. The first kappa shape index (κ1) is 15.9. The van der Waals surface area contributed by atoms with E-state index in [1.807, 2.05) is 30.3 Å². The summed E-state index contributed by atoms with van der Waals surface area (Å²) < 4.78 is 11.0. The first-order chi connectivity index (χ1) is 12.9. The van der Waals surface area contributed by atoms with Gasteiger partial charge >= 0.3 is 0 Å². The van der Waals surface area contributed by atoms with Crippen LogP contribution in [0.1, 0.15) is 17.1 Å². The Kier molecular flexibility index (Phi) is 4.60. The molecule has 0 unspecified atom stereocenters. The molecule has 0 aromatic carbocycles. The van der Waals surface area contributed by atoms with Gasteiger partial charge in [0.05, 0.1) is 5.69 Å². The molecule has 4 heterocycles. The fraction of sp³-hybridized carbons (Fsp3) is 0.105. The highest BCUT2D eigenvalue weighted by Crippen LogP contribution is 2.20. The molecular formula is C19H15N5O2. The molecule has 26 heavy (non-hydrogen) atoms. The van der Waals surface area contributed by atoms with Crippen LogP contribution in [0.15, 0.2) is 71.9 Å². The molecule has 4 aromatic heterocycles. The Bertz CT molecular complexity index is 956. The van der Waals surface area contributed by atoms with Gasteiger partial charge in [0, 0.05) is 55.1 Å². The minimum Gasteiger partial charge on any atom is -0.469 e. The van der Waals surface area contributed by atoms with Crippen LogP contribution in [0.25, 0.3) is 11.3 Å². The molecule has 0 aliphatic rings. The topological polar surface area (TPSA) is 86.8 Å². The summed E-state index contributed by atoms with van der Waals surface area (Å²) in [5.74, 6) is 1.84. The van der Waals surface area contributed by atoms with E-state index in [1.54, 1.807) is 37.1 Å². The molecule has 0 amide bonds. The molecule has 0 N–H and O–H groups in total. The lowest BCUT2D eigenvalue weighted by atomic mass is 10.1. The standard InChI is InChI=1S/C19H15N5O2/c1-3-15(12-20-6-1)17-10-16(24-26-17)9-14-4-5-19(23-11-14)25-13-18-21-7-2-8-22-18/h1-8,10-12H,9,13H2. The largest absolute Gasteiger partial charge is 0.469 e. The molecule has 0 saturated carbocycles. The number of hydrogen-bond acceptors (Lipinski definition) is 7. The molecule has 0 bridgehead atoms. The molecular weight excluding hydrogens is 330 g/mol. The predicted molar refractivity (Wildman–Crippen MR) is 93.1 cm³/mol. The van der Waals surface area contributed by atoms with E-state index in [9.17, 15) is 0 Å². The lowest BCUT2D eigenvalue weighted by Crippen LogP contribution is -2.01. The third-order valence-electron chi connectivity index (χ3n) is 3.66. The van der Waals surface area contributed by atoms with E-state index in [0.29, 0.717) is 23.9 Å². The quantitative estimate of drug-likeness (QED) is 0.530. The van der Waals surface area contributed by atoms with Gasteiger partial charge in [0.2, 0.25) is 5.88 Å². The van der Waals surface area contributed by atoms with Gasteiger partial charge in [-0.2, -0.15) is 0 Å². The zero-order valence-corrected chi connectivity index (χ0v) is 13.8. The number of aromatic nitrogens is 5. The summed E-state index contributed by atoms with van der Waals surface area (Å²) in [5, 5.41) is 4.11. The van der Waals surface area contributed by atoms with Crippen molar-refractivity contribution < 1.29 is 9.26 Å². The molecule has 7 heteroatoms. The lowest BCUT2D eigenvalue weighted by Gasteiger charge is -2.04. The van der Waals surface area contributed by atoms with Gasteiger partial charge < -0.3 is 9.26 Å². The van der Waals surface area contributed by atoms with Crippen molar-refractivity contribution in [3.8, 4) is 17.2 Å². The van der Waals surface area contributed by atoms with Gasteiger partial charge in [-0.05, 0) is 23.8 Å². The predicted octanol–water partition coefficient (Wildman–Crippen LogP) is 3.09. The Morgan fingerprint density at radius 3 is 2.62 bits per heavy atom. The lowest BCUT2D eigenvalue weighted by molar-refractivity contribution is 0.284. The molecule has 128 valence electrons. The van der Waals surface area contributed by atoms with Crippen molar-refractivity contribution in [2.24, 2.45) is 0 Å². The fourth-order valence-corrected chi connectivity index (χ4v) is 2.39. The maximum Gasteiger partial charge on any atom is 0.213 e. The van der Waals surface area contributed by atoms with Crippen molar-refractivity contribution >= 4 is 0 Å². The molecule has 0 aliphatic carbocycles. The molecule has 0 spiro atoms. The van der Waals surface area contributed by atoms with Gasteiger partial charge in [-0.15, -0.1) is 0 Å². The van der Waals surface area contributed by atoms with Gasteiger partial charge in [0.1, 0.15) is 6.61 Å². The normalized spacial score (nSPS) is 10.6. The summed E-state index contributed by atoms with van der Waals surface area (Å²) in [6.45, 7) is 0.283. The van der Waals surface area contributed by atoms with Crippen molar-refractivity contribution in [3.05, 3.63) is 84.5 Å². The first-order valence-corrected chi connectivity index (χ1v) is 8.06. The van der Waals surface area contributed by atoms with Crippen molar-refractivity contribution in [2.45, 2.75) is 13.0 Å². The smallest absolute Gasteiger partial charge is 0.213 e. The highest BCUT2D eigenvalue weighted by molar-refractivity contribution is 5.55. The minimum atomic E-state index is 0.283. The van der Waals surface area contributed by atoms with Crippen LogP contribution >= 0.6 is 0 Å². The SMILES string of the molecule is c1cnc(COc2ccc(Cc3cc(-c4cccnc4)on3)cn2)nc1. The molecule has 0 saturated heterocycles. The van der Waals surface area contributed by atoms with Crippen molar-refractivity contribution in [2.75, 3.05) is 0 Å². The number of pyridine rings is 2. The van der Waals surface area contributed by atoms with Gasteiger partial charge in [0.25, 0.3) is 0 Å². The summed E-state index contributed by atoms with van der Waals surface area (Å²) in [5.41, 5.74) is 2.74. The van der Waals surface area contributed by atoms with Crippen LogP contribution in [0.2, 0.25) is 0 Å². The van der Waals surface area contributed by atoms with Gasteiger partial charge in [-0.3, -0.25) is 4.98 Å². The number of nitrogens with zero attached hydrogens (tertiary/aromatic N) is 5. The van der Waals surface area contributed by atoms with Crippen molar-refractivity contribution in [3.63, 3.8) is 0 Å². The van der Waals surface area contributed by atoms with Crippen LogP contribution in [0, 0.1) is 0 Å². The van der Waals surface area contributed by atoms with E-state index in [0.717, 1.165) is 16.8 Å². The summed E-state index contributed by atoms with van der Waals surface area (Å²) >= 11 is 0. The fourth-order valence-electron chi connectivity index (χ4n) is 2.39. The van der Waals surface area contributed by atoms with Crippen LogP contribution in [0.3, 0.4) is 0 Å². The summed E-state index contributed by atoms with van der Waals surface area (Å²) in [4.78, 5) is 16.6. The molecule has 0 atom stereocenters.